The predicted octanol–water partition coefficient (Wildman–Crippen LogP) is 1.74. The number of nitrogens with two attached hydrogens (primary N) is 1. The van der Waals surface area contributed by atoms with Crippen LogP contribution in [0.5, 0.6) is 0 Å². The van der Waals surface area contributed by atoms with Gasteiger partial charge in [0.05, 0.1) is 31.3 Å². The van der Waals surface area contributed by atoms with E-state index in [0.29, 0.717) is 12.1 Å². The first-order valence-electron chi connectivity index (χ1n) is 8.76. The second-order valence-corrected chi connectivity index (χ2v) is 9.04. The molecule has 6 N–H and O–H groups in total. The summed E-state index contributed by atoms with van der Waals surface area (Å²) in [5, 5.41) is 40.1. The fourth-order valence-corrected chi connectivity index (χ4v) is 3.15. The second kappa shape index (κ2) is 7.72. The summed E-state index contributed by atoms with van der Waals surface area (Å²) in [4.78, 5) is 0. The van der Waals surface area contributed by atoms with Gasteiger partial charge in [0, 0.05) is 6.54 Å². The molecular weight excluding hydrogens is 318 g/mol. The van der Waals surface area contributed by atoms with Crippen LogP contribution in [-0.2, 0) is 17.4 Å². The molecule has 0 spiro atoms. The van der Waals surface area contributed by atoms with Gasteiger partial charge in [-0.3, -0.25) is 0 Å². The SMILES string of the molecule is CC(C)(C)c1cc(C(C)(C)C)c(C(O)C(CO)(CO)CO)cc1CN. The van der Waals surface area contributed by atoms with Crippen molar-refractivity contribution in [3.63, 3.8) is 0 Å². The van der Waals surface area contributed by atoms with Crippen LogP contribution in [0.4, 0.5) is 0 Å². The highest BCUT2D eigenvalue weighted by atomic mass is 16.3. The highest BCUT2D eigenvalue weighted by molar-refractivity contribution is 5.46. The zero-order valence-electron chi connectivity index (χ0n) is 16.4. The molecular formula is C20H35NO4. The van der Waals surface area contributed by atoms with Crippen molar-refractivity contribution in [2.75, 3.05) is 19.8 Å². The minimum absolute atomic E-state index is 0.111. The van der Waals surface area contributed by atoms with E-state index in [4.69, 9.17) is 5.73 Å². The van der Waals surface area contributed by atoms with Crippen molar-refractivity contribution in [2.45, 2.75) is 65.0 Å². The Hall–Kier alpha value is -0.980. The van der Waals surface area contributed by atoms with E-state index in [1.54, 1.807) is 0 Å². The third-order valence-electron chi connectivity index (χ3n) is 4.93. The van der Waals surface area contributed by atoms with Crippen molar-refractivity contribution < 1.29 is 20.4 Å². The molecule has 0 saturated heterocycles. The topological polar surface area (TPSA) is 107 Å². The molecule has 0 saturated carbocycles. The smallest absolute Gasteiger partial charge is 0.0915 e. The molecule has 0 bridgehead atoms. The van der Waals surface area contributed by atoms with Gasteiger partial charge >= 0.3 is 0 Å². The first-order valence-corrected chi connectivity index (χ1v) is 8.76. The molecule has 5 nitrogen and oxygen atoms in total. The summed E-state index contributed by atoms with van der Waals surface area (Å²) in [7, 11) is 0. The van der Waals surface area contributed by atoms with Crippen LogP contribution in [0.1, 0.15) is 69.9 Å². The zero-order valence-corrected chi connectivity index (χ0v) is 16.4. The lowest BCUT2D eigenvalue weighted by molar-refractivity contribution is -0.0857. The first kappa shape index (κ1) is 22.1. The number of rotatable bonds is 6. The summed E-state index contributed by atoms with van der Waals surface area (Å²) >= 11 is 0. The maximum atomic E-state index is 11.0. The monoisotopic (exact) mass is 353 g/mol. The largest absolute Gasteiger partial charge is 0.395 e. The maximum Gasteiger partial charge on any atom is 0.0915 e. The van der Waals surface area contributed by atoms with E-state index in [0.717, 1.165) is 16.7 Å². The molecule has 0 fully saturated rings. The highest BCUT2D eigenvalue weighted by Gasteiger charge is 2.40. The Kier molecular flexibility index (Phi) is 6.81. The Morgan fingerprint density at radius 3 is 1.60 bits per heavy atom. The molecule has 1 rings (SSSR count). The van der Waals surface area contributed by atoms with E-state index in [1.165, 1.54) is 0 Å². The van der Waals surface area contributed by atoms with Crippen molar-refractivity contribution in [3.05, 3.63) is 34.4 Å². The van der Waals surface area contributed by atoms with Gasteiger partial charge in [-0.25, -0.2) is 0 Å². The molecule has 0 aliphatic carbocycles. The Morgan fingerprint density at radius 2 is 1.28 bits per heavy atom. The molecule has 0 radical (unpaired) electrons. The predicted molar refractivity (Wildman–Crippen MR) is 100 cm³/mol. The van der Waals surface area contributed by atoms with E-state index in [-0.39, 0.29) is 10.8 Å². The van der Waals surface area contributed by atoms with Crippen molar-refractivity contribution >= 4 is 0 Å². The minimum atomic E-state index is -1.41. The Labute approximate surface area is 151 Å². The van der Waals surface area contributed by atoms with Crippen molar-refractivity contribution in [2.24, 2.45) is 11.1 Å². The number of benzene rings is 1. The lowest BCUT2D eigenvalue weighted by atomic mass is 9.71. The Morgan fingerprint density at radius 1 is 0.840 bits per heavy atom. The molecule has 0 amide bonds. The van der Waals surface area contributed by atoms with Gasteiger partial charge in [-0.2, -0.15) is 0 Å². The average Bonchev–Trinajstić information content (AvgIpc) is 2.53. The molecule has 1 aromatic carbocycles. The molecule has 5 heteroatoms. The third-order valence-corrected chi connectivity index (χ3v) is 4.93. The Bertz CT molecular complexity index is 572. The van der Waals surface area contributed by atoms with Crippen molar-refractivity contribution in [1.29, 1.82) is 0 Å². The lowest BCUT2D eigenvalue weighted by Crippen LogP contribution is -2.41. The normalized spacial score (nSPS) is 14.7. The van der Waals surface area contributed by atoms with E-state index in [2.05, 4.69) is 26.8 Å². The summed E-state index contributed by atoms with van der Waals surface area (Å²) in [6.45, 7) is 11.2. The van der Waals surface area contributed by atoms with Crippen molar-refractivity contribution in [3.8, 4) is 0 Å². The van der Waals surface area contributed by atoms with E-state index < -0.39 is 31.3 Å². The fourth-order valence-electron chi connectivity index (χ4n) is 3.15. The molecule has 144 valence electrons. The summed E-state index contributed by atoms with van der Waals surface area (Å²) in [5.74, 6) is 0. The number of hydrogen-bond donors (Lipinski definition) is 5. The molecule has 0 aromatic heterocycles. The summed E-state index contributed by atoms with van der Waals surface area (Å²) in [6, 6.07) is 3.93. The maximum absolute atomic E-state index is 11.0. The van der Waals surface area contributed by atoms with Crippen LogP contribution in [0.15, 0.2) is 12.1 Å². The van der Waals surface area contributed by atoms with Crippen LogP contribution in [0.2, 0.25) is 0 Å². The molecule has 0 heterocycles. The van der Waals surface area contributed by atoms with Gasteiger partial charge in [-0.05, 0) is 33.1 Å². The van der Waals surface area contributed by atoms with Crippen LogP contribution in [0.3, 0.4) is 0 Å². The van der Waals surface area contributed by atoms with Crippen LogP contribution in [0, 0.1) is 5.41 Å². The number of aliphatic hydroxyl groups excluding tert-OH is 4. The van der Waals surface area contributed by atoms with Crippen molar-refractivity contribution in [1.82, 2.24) is 0 Å². The van der Waals surface area contributed by atoms with Crippen LogP contribution < -0.4 is 5.73 Å². The van der Waals surface area contributed by atoms with Gasteiger partial charge in [0.2, 0.25) is 0 Å². The molecule has 0 aliphatic rings. The number of aliphatic hydroxyl groups is 4. The quantitative estimate of drug-likeness (QED) is 0.535. The first-order chi connectivity index (χ1) is 11.4. The zero-order chi connectivity index (χ0) is 19.6. The van der Waals surface area contributed by atoms with Gasteiger partial charge in [-0.15, -0.1) is 0 Å². The minimum Gasteiger partial charge on any atom is -0.395 e. The average molecular weight is 354 g/mol. The molecule has 1 atom stereocenters. The van der Waals surface area contributed by atoms with Crippen LogP contribution >= 0.6 is 0 Å². The van der Waals surface area contributed by atoms with Gasteiger partial charge in [-0.1, -0.05) is 53.7 Å². The van der Waals surface area contributed by atoms with E-state index in [9.17, 15) is 20.4 Å². The summed E-state index contributed by atoms with van der Waals surface area (Å²) in [5.41, 5.74) is 7.70. The van der Waals surface area contributed by atoms with Gasteiger partial charge < -0.3 is 26.2 Å². The van der Waals surface area contributed by atoms with E-state index in [1.807, 2.05) is 26.8 Å². The van der Waals surface area contributed by atoms with E-state index >= 15 is 0 Å². The van der Waals surface area contributed by atoms with Gasteiger partial charge in [0.1, 0.15) is 0 Å². The highest BCUT2D eigenvalue weighted by Crippen LogP contribution is 2.41. The van der Waals surface area contributed by atoms with Gasteiger partial charge in [0.15, 0.2) is 0 Å². The third kappa shape index (κ3) is 4.41. The summed E-state index contributed by atoms with van der Waals surface area (Å²) in [6.07, 6.45) is -1.21. The summed E-state index contributed by atoms with van der Waals surface area (Å²) < 4.78 is 0. The van der Waals surface area contributed by atoms with Crippen LogP contribution in [0.25, 0.3) is 0 Å². The standard InChI is InChI=1S/C20H35NO4/c1-18(2,3)15-8-16(19(4,5)6)14(7-13(15)9-21)17(25)20(10-22,11-23)12-24/h7-8,17,22-25H,9-12,21H2,1-6H3. The van der Waals surface area contributed by atoms with Gasteiger partial charge in [0.25, 0.3) is 0 Å². The fraction of sp³-hybridized carbons (Fsp3) is 0.700. The lowest BCUT2D eigenvalue weighted by Gasteiger charge is -2.37. The number of hydrogen-bond acceptors (Lipinski definition) is 5. The molecule has 0 aliphatic heterocycles. The van der Waals surface area contributed by atoms with Crippen LogP contribution in [-0.4, -0.2) is 40.2 Å². The molecule has 1 unspecified atom stereocenters. The second-order valence-electron chi connectivity index (χ2n) is 9.04. The molecule has 1 aromatic rings. The molecule has 25 heavy (non-hydrogen) atoms. The Balaban J connectivity index is 3.75.